The third-order valence-electron chi connectivity index (χ3n) is 3.49. The van der Waals surface area contributed by atoms with E-state index in [4.69, 9.17) is 4.52 Å². The molecule has 0 spiro atoms. The van der Waals surface area contributed by atoms with E-state index in [1.807, 2.05) is 13.8 Å². The maximum Gasteiger partial charge on any atom is 0.230 e. The van der Waals surface area contributed by atoms with Gasteiger partial charge in [0.1, 0.15) is 5.76 Å². The number of hydrogen-bond donors (Lipinski definition) is 1. The Morgan fingerprint density at radius 3 is 2.57 bits per heavy atom. The molecule has 1 N–H and O–H groups in total. The summed E-state index contributed by atoms with van der Waals surface area (Å²) in [6, 6.07) is 0.260. The van der Waals surface area contributed by atoms with Crippen molar-refractivity contribution in [3.05, 3.63) is 17.0 Å². The van der Waals surface area contributed by atoms with E-state index in [9.17, 15) is 4.79 Å². The zero-order valence-corrected chi connectivity index (χ0v) is 14.7. The molecule has 0 bridgehead atoms. The van der Waals surface area contributed by atoms with Crippen molar-refractivity contribution in [3.8, 4) is 0 Å². The Morgan fingerprint density at radius 1 is 1.29 bits per heavy atom. The van der Waals surface area contributed by atoms with Crippen molar-refractivity contribution in [2.75, 3.05) is 5.75 Å². The van der Waals surface area contributed by atoms with Crippen LogP contribution in [0.25, 0.3) is 0 Å². The predicted octanol–water partition coefficient (Wildman–Crippen LogP) is 3.86. The lowest BCUT2D eigenvalue weighted by Crippen LogP contribution is -2.33. The Morgan fingerprint density at radius 2 is 2.00 bits per heavy atom. The van der Waals surface area contributed by atoms with Crippen LogP contribution in [-0.2, 0) is 10.5 Å². The molecule has 1 aromatic rings. The van der Waals surface area contributed by atoms with Crippen molar-refractivity contribution in [3.63, 3.8) is 0 Å². The second-order valence-corrected chi connectivity index (χ2v) is 7.07. The van der Waals surface area contributed by atoms with Gasteiger partial charge in [0, 0.05) is 17.4 Å². The molecule has 0 saturated carbocycles. The number of rotatable bonds is 9. The Labute approximate surface area is 132 Å². The quantitative estimate of drug-likeness (QED) is 0.752. The molecule has 1 amide bonds. The summed E-state index contributed by atoms with van der Waals surface area (Å²) in [6.07, 6.45) is 3.45. The van der Waals surface area contributed by atoms with Gasteiger partial charge in [-0.2, -0.15) is 0 Å². The molecule has 0 fully saturated rings. The first-order chi connectivity index (χ1) is 9.90. The van der Waals surface area contributed by atoms with E-state index in [-0.39, 0.29) is 11.9 Å². The third kappa shape index (κ3) is 7.02. The van der Waals surface area contributed by atoms with Crippen molar-refractivity contribution in [1.29, 1.82) is 0 Å². The van der Waals surface area contributed by atoms with Crippen LogP contribution in [0.4, 0.5) is 0 Å². The monoisotopic (exact) mass is 312 g/mol. The van der Waals surface area contributed by atoms with E-state index in [1.165, 1.54) is 12.8 Å². The van der Waals surface area contributed by atoms with Crippen molar-refractivity contribution in [2.24, 2.45) is 5.92 Å². The lowest BCUT2D eigenvalue weighted by molar-refractivity contribution is -0.119. The maximum absolute atomic E-state index is 11.9. The second kappa shape index (κ2) is 9.13. The van der Waals surface area contributed by atoms with Crippen LogP contribution < -0.4 is 5.32 Å². The van der Waals surface area contributed by atoms with Gasteiger partial charge in [0.2, 0.25) is 5.91 Å². The Kier molecular flexibility index (Phi) is 7.86. The van der Waals surface area contributed by atoms with Crippen molar-refractivity contribution < 1.29 is 9.32 Å². The van der Waals surface area contributed by atoms with E-state index < -0.39 is 0 Å². The molecule has 1 atom stereocenters. The second-order valence-electron chi connectivity index (χ2n) is 6.09. The van der Waals surface area contributed by atoms with E-state index >= 15 is 0 Å². The highest BCUT2D eigenvalue weighted by molar-refractivity contribution is 7.99. The minimum atomic E-state index is 0.115. The summed E-state index contributed by atoms with van der Waals surface area (Å²) in [5.74, 6) is 2.96. The number of carbonyl (C=O) groups is 1. The molecule has 0 saturated heterocycles. The Bertz CT molecular complexity index is 424. The van der Waals surface area contributed by atoms with Gasteiger partial charge in [-0.1, -0.05) is 31.8 Å². The molecular formula is C16H28N2O2S. The van der Waals surface area contributed by atoms with Crippen LogP contribution in [0.5, 0.6) is 0 Å². The maximum atomic E-state index is 11.9. The van der Waals surface area contributed by atoms with Gasteiger partial charge in [0.25, 0.3) is 0 Å². The van der Waals surface area contributed by atoms with Crippen LogP contribution in [0, 0.1) is 19.8 Å². The number of hydrogen-bond acceptors (Lipinski definition) is 4. The van der Waals surface area contributed by atoms with Gasteiger partial charge < -0.3 is 9.84 Å². The molecule has 21 heavy (non-hydrogen) atoms. The molecule has 1 rings (SSSR count). The topological polar surface area (TPSA) is 55.1 Å². The molecule has 0 aromatic carbocycles. The summed E-state index contributed by atoms with van der Waals surface area (Å²) in [4.78, 5) is 11.9. The average Bonchev–Trinajstić information content (AvgIpc) is 2.69. The van der Waals surface area contributed by atoms with Crippen LogP contribution in [0.2, 0.25) is 0 Å². The molecular weight excluding hydrogens is 284 g/mol. The zero-order valence-electron chi connectivity index (χ0n) is 13.9. The molecule has 0 radical (unpaired) electrons. The summed E-state index contributed by atoms with van der Waals surface area (Å²) < 4.78 is 5.12. The number of nitrogens with one attached hydrogen (secondary N) is 1. The van der Waals surface area contributed by atoms with Gasteiger partial charge in [-0.15, -0.1) is 11.8 Å². The SMILES string of the molecule is Cc1noc(C)c1CSCC(=O)NC(C)CCCC(C)C. The Balaban J connectivity index is 2.19. The highest BCUT2D eigenvalue weighted by atomic mass is 32.2. The van der Waals surface area contributed by atoms with E-state index in [2.05, 4.69) is 31.2 Å². The fraction of sp³-hybridized carbons (Fsp3) is 0.750. The minimum absolute atomic E-state index is 0.115. The standard InChI is InChI=1S/C16H28N2O2S/c1-11(2)7-6-8-12(3)17-16(19)10-21-9-15-13(4)18-20-14(15)5/h11-12H,6-10H2,1-5H3,(H,17,19). The van der Waals surface area contributed by atoms with E-state index in [1.54, 1.807) is 11.8 Å². The van der Waals surface area contributed by atoms with Crippen LogP contribution >= 0.6 is 11.8 Å². The molecule has 1 aromatic heterocycles. The number of aryl methyl sites for hydroxylation is 2. The lowest BCUT2D eigenvalue weighted by Gasteiger charge is -2.14. The lowest BCUT2D eigenvalue weighted by atomic mass is 10.0. The highest BCUT2D eigenvalue weighted by Gasteiger charge is 2.11. The van der Waals surface area contributed by atoms with Gasteiger partial charge in [-0.3, -0.25) is 4.79 Å². The molecule has 1 heterocycles. The predicted molar refractivity (Wildman–Crippen MR) is 88.4 cm³/mol. The number of aromatic nitrogens is 1. The first-order valence-electron chi connectivity index (χ1n) is 7.69. The molecule has 4 nitrogen and oxygen atoms in total. The van der Waals surface area contributed by atoms with Gasteiger partial charge in [-0.25, -0.2) is 0 Å². The number of amides is 1. The van der Waals surface area contributed by atoms with Crippen LogP contribution in [0.3, 0.4) is 0 Å². The van der Waals surface area contributed by atoms with Crippen LogP contribution in [0.15, 0.2) is 4.52 Å². The number of thioether (sulfide) groups is 1. The fourth-order valence-electron chi connectivity index (χ4n) is 2.17. The van der Waals surface area contributed by atoms with Gasteiger partial charge in [0.15, 0.2) is 0 Å². The van der Waals surface area contributed by atoms with Gasteiger partial charge in [-0.05, 0) is 33.1 Å². The van der Waals surface area contributed by atoms with Crippen LogP contribution in [0.1, 0.15) is 57.1 Å². The van der Waals surface area contributed by atoms with Crippen molar-refractivity contribution in [2.45, 2.75) is 65.7 Å². The summed E-state index contributed by atoms with van der Waals surface area (Å²) in [5.41, 5.74) is 2.03. The van der Waals surface area contributed by atoms with Crippen LogP contribution in [-0.4, -0.2) is 22.9 Å². The summed E-state index contributed by atoms with van der Waals surface area (Å²) in [6.45, 7) is 10.4. The smallest absolute Gasteiger partial charge is 0.230 e. The summed E-state index contributed by atoms with van der Waals surface area (Å²) in [7, 11) is 0. The third-order valence-corrected chi connectivity index (χ3v) is 4.45. The van der Waals surface area contributed by atoms with Gasteiger partial charge >= 0.3 is 0 Å². The molecule has 0 aliphatic heterocycles. The minimum Gasteiger partial charge on any atom is -0.361 e. The molecule has 120 valence electrons. The molecule has 0 aliphatic carbocycles. The van der Waals surface area contributed by atoms with E-state index in [0.717, 1.165) is 35.1 Å². The Hall–Kier alpha value is -0.970. The zero-order chi connectivity index (χ0) is 15.8. The fourth-order valence-corrected chi connectivity index (χ4v) is 3.16. The largest absolute Gasteiger partial charge is 0.361 e. The first kappa shape index (κ1) is 18.1. The molecule has 5 heteroatoms. The van der Waals surface area contributed by atoms with Gasteiger partial charge in [0.05, 0.1) is 11.4 Å². The molecule has 0 aliphatic rings. The van der Waals surface area contributed by atoms with Crippen molar-refractivity contribution >= 4 is 17.7 Å². The molecule has 1 unspecified atom stereocenters. The normalized spacial score (nSPS) is 12.7. The summed E-state index contributed by atoms with van der Waals surface area (Å²) in [5, 5.41) is 6.99. The average molecular weight is 312 g/mol. The number of nitrogens with zero attached hydrogens (tertiary/aromatic N) is 1. The van der Waals surface area contributed by atoms with E-state index in [0.29, 0.717) is 5.75 Å². The number of carbonyl (C=O) groups excluding carboxylic acids is 1. The first-order valence-corrected chi connectivity index (χ1v) is 8.84. The highest BCUT2D eigenvalue weighted by Crippen LogP contribution is 2.19. The summed E-state index contributed by atoms with van der Waals surface area (Å²) >= 11 is 1.61. The van der Waals surface area contributed by atoms with Crippen molar-refractivity contribution in [1.82, 2.24) is 10.5 Å².